The molecule has 0 atom stereocenters. The van der Waals surface area contributed by atoms with Gasteiger partial charge in [0.2, 0.25) is 0 Å². The summed E-state index contributed by atoms with van der Waals surface area (Å²) in [7, 11) is 1.66. The molecule has 2 aromatic carbocycles. The van der Waals surface area contributed by atoms with Gasteiger partial charge in [0.15, 0.2) is 0 Å². The van der Waals surface area contributed by atoms with Crippen molar-refractivity contribution in [2.75, 3.05) is 7.11 Å². The van der Waals surface area contributed by atoms with Crippen molar-refractivity contribution in [3.05, 3.63) is 76.8 Å². The van der Waals surface area contributed by atoms with Gasteiger partial charge < -0.3 is 4.74 Å². The molecule has 0 saturated heterocycles. The molecule has 0 unspecified atom stereocenters. The monoisotopic (exact) mass is 368 g/mol. The quantitative estimate of drug-likeness (QED) is 0.420. The van der Waals surface area contributed by atoms with Gasteiger partial charge in [-0.25, -0.2) is 4.39 Å². The fraction of sp³-hybridized carbons (Fsp3) is 0.143. The van der Waals surface area contributed by atoms with E-state index in [0.717, 1.165) is 33.4 Å². The molecule has 0 amide bonds. The molecular weight excluding hydrogens is 351 g/mol. The Balaban J connectivity index is 0.000000151. The highest BCUT2D eigenvalue weighted by Gasteiger charge is 2.07. The molecule has 0 aliphatic heterocycles. The maximum atomic E-state index is 13.1. The van der Waals surface area contributed by atoms with Crippen molar-refractivity contribution in [3.63, 3.8) is 0 Å². The highest BCUT2D eigenvalue weighted by Crippen LogP contribution is 2.27. The first-order valence-corrected chi connectivity index (χ1v) is 8.48. The minimum atomic E-state index is -0.398. The van der Waals surface area contributed by atoms with Crippen LogP contribution in [0.5, 0.6) is 5.75 Å². The first-order chi connectivity index (χ1) is 12.5. The molecule has 0 fully saturated rings. The number of benzene rings is 2. The summed E-state index contributed by atoms with van der Waals surface area (Å²) in [4.78, 5) is 8.50. The fourth-order valence-corrected chi connectivity index (χ4v) is 2.97. The van der Waals surface area contributed by atoms with Gasteiger partial charge in [-0.2, -0.15) is 0 Å². The number of hydrogen-bond donors (Lipinski definition) is 0. The van der Waals surface area contributed by atoms with E-state index in [-0.39, 0.29) is 5.02 Å². The number of rotatable bonds is 1. The number of halogens is 2. The Morgan fingerprint density at radius 3 is 2.50 bits per heavy atom. The summed E-state index contributed by atoms with van der Waals surface area (Å²) >= 11 is 5.82. The lowest BCUT2D eigenvalue weighted by Gasteiger charge is -2.03. The van der Waals surface area contributed by atoms with E-state index in [1.54, 1.807) is 19.4 Å². The van der Waals surface area contributed by atoms with Crippen molar-refractivity contribution in [1.82, 2.24) is 9.97 Å². The third kappa shape index (κ3) is 3.75. The van der Waals surface area contributed by atoms with Gasteiger partial charge in [-0.1, -0.05) is 17.7 Å². The van der Waals surface area contributed by atoms with Crippen LogP contribution in [0.4, 0.5) is 4.39 Å². The van der Waals surface area contributed by atoms with Gasteiger partial charge >= 0.3 is 0 Å². The number of methoxy groups -OCH3 is 1. The molecule has 2 heterocycles. The lowest BCUT2D eigenvalue weighted by atomic mass is 10.1. The lowest BCUT2D eigenvalue weighted by Crippen LogP contribution is -1.86. The minimum absolute atomic E-state index is 0.156. The molecule has 4 aromatic rings. The van der Waals surface area contributed by atoms with Crippen LogP contribution in [0.2, 0.25) is 5.02 Å². The summed E-state index contributed by atoms with van der Waals surface area (Å²) in [6.07, 6.45) is 1.69. The first-order valence-electron chi connectivity index (χ1n) is 8.10. The predicted molar refractivity (Wildman–Crippen MR) is 104 cm³/mol. The van der Waals surface area contributed by atoms with E-state index in [9.17, 15) is 4.39 Å². The Bertz CT molecular complexity index is 1080. The molecular formula is C21H18ClFN2O. The maximum Gasteiger partial charge on any atom is 0.142 e. The standard InChI is InChI=1S/C11H11NO.C10H7ClFN/c1-8-3-4-9-5-6-10(13-2)7-11(9)12-8;1-6-4-5-13-8-3-2-7(12)10(11)9(6)8/h3-7H,1-2H3;2-5H,1H3. The summed E-state index contributed by atoms with van der Waals surface area (Å²) in [5.41, 5.74) is 3.68. The summed E-state index contributed by atoms with van der Waals surface area (Å²) in [5.74, 6) is 0.455. The smallest absolute Gasteiger partial charge is 0.142 e. The predicted octanol–water partition coefficient (Wildman–Crippen LogP) is 5.89. The van der Waals surface area contributed by atoms with E-state index in [1.165, 1.54) is 6.07 Å². The Hall–Kier alpha value is -2.72. The third-order valence-electron chi connectivity index (χ3n) is 4.04. The molecule has 132 valence electrons. The summed E-state index contributed by atoms with van der Waals surface area (Å²) < 4.78 is 18.2. The van der Waals surface area contributed by atoms with Crippen molar-refractivity contribution >= 4 is 33.4 Å². The van der Waals surface area contributed by atoms with Crippen LogP contribution in [-0.2, 0) is 0 Å². The number of pyridine rings is 2. The Morgan fingerprint density at radius 2 is 1.73 bits per heavy atom. The normalized spacial score (nSPS) is 10.5. The molecule has 0 saturated carbocycles. The van der Waals surface area contributed by atoms with E-state index >= 15 is 0 Å². The Morgan fingerprint density at radius 1 is 0.962 bits per heavy atom. The Kier molecular flexibility index (Phi) is 5.33. The molecule has 4 rings (SSSR count). The number of aryl methyl sites for hydroxylation is 2. The van der Waals surface area contributed by atoms with Crippen molar-refractivity contribution in [3.8, 4) is 5.75 Å². The van der Waals surface area contributed by atoms with Crippen molar-refractivity contribution in [2.45, 2.75) is 13.8 Å². The zero-order chi connectivity index (χ0) is 18.7. The van der Waals surface area contributed by atoms with Gasteiger partial charge in [-0.15, -0.1) is 0 Å². The number of hydrogen-bond acceptors (Lipinski definition) is 3. The van der Waals surface area contributed by atoms with Crippen LogP contribution in [0, 0.1) is 19.7 Å². The van der Waals surface area contributed by atoms with Crippen LogP contribution < -0.4 is 4.74 Å². The SMILES string of the molecule is COc1ccc2ccc(C)nc2c1.Cc1ccnc2ccc(F)c(Cl)c12. The second kappa shape index (κ2) is 7.67. The molecule has 0 radical (unpaired) electrons. The average molecular weight is 369 g/mol. The van der Waals surface area contributed by atoms with Gasteiger partial charge in [-0.05, 0) is 55.8 Å². The highest BCUT2D eigenvalue weighted by atomic mass is 35.5. The van der Waals surface area contributed by atoms with Crippen molar-refractivity contribution < 1.29 is 9.13 Å². The fourth-order valence-electron chi connectivity index (χ4n) is 2.66. The molecule has 26 heavy (non-hydrogen) atoms. The van der Waals surface area contributed by atoms with Gasteiger partial charge in [0.1, 0.15) is 11.6 Å². The summed E-state index contributed by atoms with van der Waals surface area (Å²) in [6, 6.07) is 14.8. The molecule has 0 aliphatic carbocycles. The van der Waals surface area contributed by atoms with Crippen LogP contribution in [0.25, 0.3) is 21.8 Å². The summed E-state index contributed by atoms with van der Waals surface area (Å²) in [5, 5.41) is 2.00. The topological polar surface area (TPSA) is 35.0 Å². The number of fused-ring (bicyclic) bond motifs is 2. The van der Waals surface area contributed by atoms with Crippen molar-refractivity contribution in [2.24, 2.45) is 0 Å². The van der Waals surface area contributed by atoms with Crippen LogP contribution in [0.3, 0.4) is 0 Å². The zero-order valence-corrected chi connectivity index (χ0v) is 15.5. The maximum absolute atomic E-state index is 13.1. The second-order valence-electron chi connectivity index (χ2n) is 5.89. The minimum Gasteiger partial charge on any atom is -0.497 e. The third-order valence-corrected chi connectivity index (χ3v) is 4.41. The average Bonchev–Trinajstić information content (AvgIpc) is 2.64. The van der Waals surface area contributed by atoms with Crippen LogP contribution >= 0.6 is 11.6 Å². The van der Waals surface area contributed by atoms with Crippen LogP contribution in [-0.4, -0.2) is 17.1 Å². The molecule has 5 heteroatoms. The van der Waals surface area contributed by atoms with Gasteiger partial charge in [0.25, 0.3) is 0 Å². The summed E-state index contributed by atoms with van der Waals surface area (Å²) in [6.45, 7) is 3.87. The molecule has 0 spiro atoms. The van der Waals surface area contributed by atoms with Gasteiger partial charge in [0, 0.05) is 28.7 Å². The number of aromatic nitrogens is 2. The van der Waals surface area contributed by atoms with E-state index in [2.05, 4.69) is 16.0 Å². The lowest BCUT2D eigenvalue weighted by molar-refractivity contribution is 0.415. The van der Waals surface area contributed by atoms with E-state index < -0.39 is 5.82 Å². The second-order valence-corrected chi connectivity index (χ2v) is 6.27. The number of nitrogens with zero attached hydrogens (tertiary/aromatic N) is 2. The molecule has 0 bridgehead atoms. The van der Waals surface area contributed by atoms with E-state index in [4.69, 9.17) is 16.3 Å². The van der Waals surface area contributed by atoms with Crippen LogP contribution in [0.15, 0.2) is 54.7 Å². The van der Waals surface area contributed by atoms with Gasteiger partial charge in [-0.3, -0.25) is 9.97 Å². The Labute approximate surface area is 156 Å². The first kappa shape index (κ1) is 18.1. The van der Waals surface area contributed by atoms with Crippen molar-refractivity contribution in [1.29, 1.82) is 0 Å². The molecule has 0 N–H and O–H groups in total. The van der Waals surface area contributed by atoms with E-state index in [0.29, 0.717) is 5.39 Å². The number of ether oxygens (including phenoxy) is 1. The van der Waals surface area contributed by atoms with Crippen LogP contribution in [0.1, 0.15) is 11.3 Å². The molecule has 0 aliphatic rings. The zero-order valence-electron chi connectivity index (χ0n) is 14.8. The van der Waals surface area contributed by atoms with E-state index in [1.807, 2.05) is 44.2 Å². The van der Waals surface area contributed by atoms with Gasteiger partial charge in [0.05, 0.1) is 23.2 Å². The highest BCUT2D eigenvalue weighted by molar-refractivity contribution is 6.35. The molecule has 2 aromatic heterocycles. The largest absolute Gasteiger partial charge is 0.497 e. The molecule has 3 nitrogen and oxygen atoms in total.